The number of aliphatic carboxylic acids is 1. The van der Waals surface area contributed by atoms with E-state index in [2.05, 4.69) is 0 Å². The molecular weight excluding hydrogens is 413 g/mol. The molecule has 2 atom stereocenters. The number of benzene rings is 2. The molecule has 6 nitrogen and oxygen atoms in total. The lowest BCUT2D eigenvalue weighted by Gasteiger charge is -2.17. The summed E-state index contributed by atoms with van der Waals surface area (Å²) in [7, 11) is 0. The third-order valence-electron chi connectivity index (χ3n) is 3.94. The van der Waals surface area contributed by atoms with E-state index in [1.54, 1.807) is 44.2 Å². The third-order valence-corrected chi connectivity index (χ3v) is 4.18. The fourth-order valence-corrected chi connectivity index (χ4v) is 2.80. The highest BCUT2D eigenvalue weighted by atomic mass is 35.5. The van der Waals surface area contributed by atoms with Crippen LogP contribution in [0.15, 0.2) is 42.5 Å². The highest BCUT2D eigenvalue weighted by Gasteiger charge is 2.20. The Hall–Kier alpha value is -2.82. The van der Waals surface area contributed by atoms with Gasteiger partial charge in [-0.3, -0.25) is 0 Å². The van der Waals surface area contributed by atoms with Crippen molar-refractivity contribution in [3.8, 4) is 17.6 Å². The van der Waals surface area contributed by atoms with Gasteiger partial charge < -0.3 is 19.3 Å². The molecule has 0 aliphatic carbocycles. The average Bonchev–Trinajstić information content (AvgIpc) is 2.70. The molecule has 0 aliphatic rings. The van der Waals surface area contributed by atoms with Crippen molar-refractivity contribution in [3.05, 3.63) is 58.6 Å². The number of halogens is 2. The number of alkyl halides is 1. The summed E-state index contributed by atoms with van der Waals surface area (Å²) in [6, 6.07) is 13.2. The molecule has 160 valence electrons. The summed E-state index contributed by atoms with van der Waals surface area (Å²) in [5.74, 6) is -0.389. The van der Waals surface area contributed by atoms with Gasteiger partial charge in [0, 0.05) is 11.4 Å². The van der Waals surface area contributed by atoms with Gasteiger partial charge >= 0.3 is 5.97 Å². The number of hydrogen-bond acceptors (Lipinski definition) is 5. The number of nitriles is 1. The number of carbonyl (C=O) groups is 1. The Bertz CT molecular complexity index is 899. The van der Waals surface area contributed by atoms with Crippen LogP contribution in [0.25, 0.3) is 0 Å². The first-order chi connectivity index (χ1) is 14.3. The van der Waals surface area contributed by atoms with E-state index in [4.69, 9.17) is 31.1 Å². The molecule has 0 fully saturated rings. The first kappa shape index (κ1) is 23.5. The van der Waals surface area contributed by atoms with Crippen molar-refractivity contribution in [2.75, 3.05) is 13.2 Å². The van der Waals surface area contributed by atoms with E-state index in [1.165, 1.54) is 12.1 Å². The van der Waals surface area contributed by atoms with Gasteiger partial charge in [-0.1, -0.05) is 23.7 Å². The summed E-state index contributed by atoms with van der Waals surface area (Å²) in [5.41, 5.74) is 0.923. The molecule has 0 saturated heterocycles. The normalized spacial score (nSPS) is 12.8. The average molecular weight is 436 g/mol. The second-order valence-corrected chi connectivity index (χ2v) is 7.27. The van der Waals surface area contributed by atoms with Crippen LogP contribution in [0, 0.1) is 11.3 Å². The van der Waals surface area contributed by atoms with Crippen LogP contribution < -0.4 is 9.47 Å². The van der Waals surface area contributed by atoms with Crippen LogP contribution in [0.3, 0.4) is 0 Å². The molecule has 0 radical (unpaired) electrons. The molecule has 2 aromatic rings. The quantitative estimate of drug-likeness (QED) is 0.561. The van der Waals surface area contributed by atoms with Crippen LogP contribution in [0.2, 0.25) is 5.02 Å². The van der Waals surface area contributed by atoms with Crippen molar-refractivity contribution in [2.45, 2.75) is 38.6 Å². The van der Waals surface area contributed by atoms with E-state index < -0.39 is 18.2 Å². The number of ether oxygens (including phenoxy) is 3. The summed E-state index contributed by atoms with van der Waals surface area (Å²) >= 11 is 5.82. The highest BCUT2D eigenvalue weighted by molar-refractivity contribution is 6.30. The molecule has 0 saturated carbocycles. The first-order valence-corrected chi connectivity index (χ1v) is 9.72. The molecule has 0 spiro atoms. The second-order valence-electron chi connectivity index (χ2n) is 6.83. The Labute approximate surface area is 179 Å². The molecule has 2 aromatic carbocycles. The lowest BCUT2D eigenvalue weighted by atomic mass is 10.1. The maximum atomic E-state index is 14.2. The SMILES string of the molecule is CC(C)O[C@@H](Cc1cccc(OC[C@H](F)COc2ccc(Cl)cc2C#N)c1)C(=O)O. The Morgan fingerprint density at radius 3 is 2.60 bits per heavy atom. The van der Waals surface area contributed by atoms with E-state index in [-0.39, 0.29) is 37.1 Å². The largest absolute Gasteiger partial charge is 0.490 e. The third kappa shape index (κ3) is 7.54. The van der Waals surface area contributed by atoms with Gasteiger partial charge in [0.2, 0.25) is 0 Å². The minimum Gasteiger partial charge on any atom is -0.490 e. The summed E-state index contributed by atoms with van der Waals surface area (Å²) in [6.07, 6.45) is -2.47. The van der Waals surface area contributed by atoms with Crippen molar-refractivity contribution >= 4 is 17.6 Å². The van der Waals surface area contributed by atoms with Crippen molar-refractivity contribution in [1.82, 2.24) is 0 Å². The Balaban J connectivity index is 1.89. The van der Waals surface area contributed by atoms with Gasteiger partial charge in [-0.25, -0.2) is 9.18 Å². The maximum Gasteiger partial charge on any atom is 0.333 e. The van der Waals surface area contributed by atoms with Gasteiger partial charge in [-0.15, -0.1) is 0 Å². The molecule has 0 aromatic heterocycles. The molecule has 0 amide bonds. The zero-order valence-corrected chi connectivity index (χ0v) is 17.4. The molecule has 8 heteroatoms. The smallest absolute Gasteiger partial charge is 0.333 e. The van der Waals surface area contributed by atoms with Crippen molar-refractivity contribution in [2.24, 2.45) is 0 Å². The number of nitrogens with zero attached hydrogens (tertiary/aromatic N) is 1. The summed E-state index contributed by atoms with van der Waals surface area (Å²) in [4.78, 5) is 11.3. The van der Waals surface area contributed by atoms with E-state index in [9.17, 15) is 14.3 Å². The minimum atomic E-state index is -1.44. The maximum absolute atomic E-state index is 14.2. The van der Waals surface area contributed by atoms with Crippen LogP contribution in [-0.2, 0) is 16.0 Å². The first-order valence-electron chi connectivity index (χ1n) is 9.35. The molecule has 0 aliphatic heterocycles. The molecule has 1 N–H and O–H groups in total. The lowest BCUT2D eigenvalue weighted by molar-refractivity contribution is -0.153. The predicted molar refractivity (Wildman–Crippen MR) is 110 cm³/mol. The van der Waals surface area contributed by atoms with E-state index >= 15 is 0 Å². The van der Waals surface area contributed by atoms with E-state index in [1.807, 2.05) is 6.07 Å². The molecule has 0 unspecified atom stereocenters. The van der Waals surface area contributed by atoms with Crippen LogP contribution in [-0.4, -0.2) is 42.7 Å². The zero-order chi connectivity index (χ0) is 22.1. The Kier molecular flexibility index (Phi) is 8.90. The highest BCUT2D eigenvalue weighted by Crippen LogP contribution is 2.22. The number of carboxylic acids is 1. The van der Waals surface area contributed by atoms with Gasteiger partial charge in [0.25, 0.3) is 0 Å². The standard InChI is InChI=1S/C22H23ClFNO5/c1-14(2)30-21(22(26)27)9-15-4-3-5-19(8-15)28-12-18(24)13-29-20-7-6-17(23)10-16(20)11-25/h3-8,10,14,18,21H,9,12-13H2,1-2H3,(H,26,27)/t18-,21-/m0/s1. The zero-order valence-electron chi connectivity index (χ0n) is 16.7. The Morgan fingerprint density at radius 1 is 1.20 bits per heavy atom. The molecule has 0 heterocycles. The molecule has 0 bridgehead atoms. The number of carboxylic acid groups (broad SMARTS) is 1. The van der Waals surface area contributed by atoms with Crippen LogP contribution >= 0.6 is 11.6 Å². The van der Waals surface area contributed by atoms with Crippen molar-refractivity contribution in [1.29, 1.82) is 5.26 Å². The topological polar surface area (TPSA) is 88.8 Å². The summed E-state index contributed by atoms with van der Waals surface area (Å²) < 4.78 is 30.4. The molecule has 2 rings (SSSR count). The minimum absolute atomic E-state index is 0.167. The van der Waals surface area contributed by atoms with Crippen LogP contribution in [0.5, 0.6) is 11.5 Å². The Morgan fingerprint density at radius 2 is 1.93 bits per heavy atom. The predicted octanol–water partition coefficient (Wildman–Crippen LogP) is 4.43. The molecule has 30 heavy (non-hydrogen) atoms. The van der Waals surface area contributed by atoms with Crippen LogP contribution in [0.4, 0.5) is 4.39 Å². The number of hydrogen-bond donors (Lipinski definition) is 1. The van der Waals surface area contributed by atoms with E-state index in [0.717, 1.165) is 0 Å². The van der Waals surface area contributed by atoms with Gasteiger partial charge in [0.05, 0.1) is 11.7 Å². The molecular formula is C22H23ClFNO5. The van der Waals surface area contributed by atoms with Gasteiger partial charge in [-0.2, -0.15) is 5.26 Å². The lowest BCUT2D eigenvalue weighted by Crippen LogP contribution is -2.29. The summed E-state index contributed by atoms with van der Waals surface area (Å²) in [6.45, 7) is 2.98. The monoisotopic (exact) mass is 435 g/mol. The number of rotatable bonds is 11. The fourth-order valence-electron chi connectivity index (χ4n) is 2.63. The van der Waals surface area contributed by atoms with Gasteiger partial charge in [0.15, 0.2) is 12.3 Å². The van der Waals surface area contributed by atoms with Crippen molar-refractivity contribution in [3.63, 3.8) is 0 Å². The second kappa shape index (κ2) is 11.4. The fraction of sp³-hybridized carbons (Fsp3) is 0.364. The van der Waals surface area contributed by atoms with Gasteiger partial charge in [0.1, 0.15) is 30.8 Å². The van der Waals surface area contributed by atoms with Crippen LogP contribution in [0.1, 0.15) is 25.0 Å². The van der Waals surface area contributed by atoms with Gasteiger partial charge in [-0.05, 0) is 49.7 Å². The summed E-state index contributed by atoms with van der Waals surface area (Å²) in [5, 5.41) is 18.8. The van der Waals surface area contributed by atoms with E-state index in [0.29, 0.717) is 16.3 Å². The van der Waals surface area contributed by atoms with Crippen molar-refractivity contribution < 1.29 is 28.5 Å².